The van der Waals surface area contributed by atoms with Gasteiger partial charge in [-0.3, -0.25) is 9.10 Å². The van der Waals surface area contributed by atoms with Gasteiger partial charge in [-0.1, -0.05) is 36.4 Å². The van der Waals surface area contributed by atoms with Gasteiger partial charge in [-0.05, 0) is 42.0 Å². The summed E-state index contributed by atoms with van der Waals surface area (Å²) >= 11 is 0. The number of amides is 1. The molecule has 32 heavy (non-hydrogen) atoms. The minimum absolute atomic E-state index is 0.166. The summed E-state index contributed by atoms with van der Waals surface area (Å²) in [6, 6.07) is 21.1. The zero-order chi connectivity index (χ0) is 22.6. The molecule has 0 spiro atoms. The molecule has 9 heteroatoms. The Hall–Kier alpha value is -3.72. The average molecular weight is 455 g/mol. The normalized spacial score (nSPS) is 12.3. The third kappa shape index (κ3) is 5.12. The second-order valence-corrected chi connectivity index (χ2v) is 9.02. The fourth-order valence-electron chi connectivity index (χ4n) is 3.18. The molecule has 1 aliphatic heterocycles. The lowest BCUT2D eigenvalue weighted by atomic mass is 10.2. The van der Waals surface area contributed by atoms with Gasteiger partial charge in [0.15, 0.2) is 17.2 Å². The number of ether oxygens (including phenoxy) is 3. The van der Waals surface area contributed by atoms with Gasteiger partial charge in [-0.2, -0.15) is 0 Å². The minimum atomic E-state index is -3.76. The standard InChI is InChI=1S/C23H22N2O6S/c1-32(27,28)25(19-9-5-6-10-20(19)31-18-7-3-2-4-8-18)15-23(26)24-14-17-11-12-21-22(13-17)30-16-29-21/h2-13H,14-16H2,1H3,(H,24,26). The molecule has 0 radical (unpaired) electrons. The summed E-state index contributed by atoms with van der Waals surface area (Å²) < 4.78 is 42.6. The van der Waals surface area contributed by atoms with Gasteiger partial charge in [-0.15, -0.1) is 0 Å². The quantitative estimate of drug-likeness (QED) is 0.561. The van der Waals surface area contributed by atoms with Crippen molar-refractivity contribution in [1.82, 2.24) is 5.32 Å². The largest absolute Gasteiger partial charge is 0.455 e. The molecule has 1 amide bonds. The topological polar surface area (TPSA) is 94.2 Å². The van der Waals surface area contributed by atoms with Crippen molar-refractivity contribution in [2.75, 3.05) is 23.9 Å². The van der Waals surface area contributed by atoms with E-state index in [9.17, 15) is 13.2 Å². The first-order valence-electron chi connectivity index (χ1n) is 9.85. The van der Waals surface area contributed by atoms with Crippen molar-refractivity contribution < 1.29 is 27.4 Å². The number of rotatable bonds is 8. The highest BCUT2D eigenvalue weighted by atomic mass is 32.2. The van der Waals surface area contributed by atoms with Crippen LogP contribution in [0.3, 0.4) is 0 Å². The lowest BCUT2D eigenvalue weighted by molar-refractivity contribution is -0.119. The fourth-order valence-corrected chi connectivity index (χ4v) is 4.04. The molecule has 0 atom stereocenters. The summed E-state index contributed by atoms with van der Waals surface area (Å²) in [6.07, 6.45) is 1.05. The molecule has 0 bridgehead atoms. The Morgan fingerprint density at radius 2 is 1.72 bits per heavy atom. The van der Waals surface area contributed by atoms with Gasteiger partial charge in [0.05, 0.1) is 11.9 Å². The van der Waals surface area contributed by atoms with Crippen molar-refractivity contribution >= 4 is 21.6 Å². The first-order valence-corrected chi connectivity index (χ1v) is 11.7. The first-order chi connectivity index (χ1) is 15.4. The molecular formula is C23H22N2O6S. The molecule has 1 aliphatic rings. The summed E-state index contributed by atoms with van der Waals surface area (Å²) in [5.74, 6) is 1.69. The van der Waals surface area contributed by atoms with E-state index < -0.39 is 22.5 Å². The molecule has 0 unspecified atom stereocenters. The number of benzene rings is 3. The summed E-state index contributed by atoms with van der Waals surface area (Å²) in [7, 11) is -3.76. The zero-order valence-corrected chi connectivity index (χ0v) is 18.2. The Morgan fingerprint density at radius 1 is 1.00 bits per heavy atom. The van der Waals surface area contributed by atoms with Crippen LogP contribution in [-0.2, 0) is 21.4 Å². The number of hydrogen-bond donors (Lipinski definition) is 1. The van der Waals surface area contributed by atoms with Gasteiger partial charge >= 0.3 is 0 Å². The van der Waals surface area contributed by atoms with Crippen molar-refractivity contribution in [3.63, 3.8) is 0 Å². The predicted octanol–water partition coefficient (Wildman–Crippen LogP) is 3.29. The van der Waals surface area contributed by atoms with Crippen LogP contribution < -0.4 is 23.8 Å². The van der Waals surface area contributed by atoms with Crippen LogP contribution in [0.4, 0.5) is 5.69 Å². The molecule has 0 saturated carbocycles. The van der Waals surface area contributed by atoms with Gasteiger partial charge in [-0.25, -0.2) is 8.42 Å². The molecule has 1 heterocycles. The third-order valence-corrected chi connectivity index (χ3v) is 5.85. The van der Waals surface area contributed by atoms with Gasteiger partial charge in [0.25, 0.3) is 0 Å². The van der Waals surface area contributed by atoms with E-state index in [0.29, 0.717) is 23.0 Å². The summed E-state index contributed by atoms with van der Waals surface area (Å²) in [6.45, 7) is -0.00723. The summed E-state index contributed by atoms with van der Waals surface area (Å²) in [5.41, 5.74) is 1.08. The van der Waals surface area contributed by atoms with E-state index in [0.717, 1.165) is 16.1 Å². The number of fused-ring (bicyclic) bond motifs is 1. The van der Waals surface area contributed by atoms with Crippen LogP contribution >= 0.6 is 0 Å². The van der Waals surface area contributed by atoms with Gasteiger partial charge < -0.3 is 19.5 Å². The van der Waals surface area contributed by atoms with E-state index in [1.54, 1.807) is 48.5 Å². The Bertz CT molecular complexity index is 1210. The van der Waals surface area contributed by atoms with Gasteiger partial charge in [0.1, 0.15) is 12.3 Å². The molecule has 0 fully saturated rings. The monoisotopic (exact) mass is 454 g/mol. The number of sulfonamides is 1. The summed E-state index contributed by atoms with van der Waals surface area (Å²) in [4.78, 5) is 12.6. The van der Waals surface area contributed by atoms with Crippen molar-refractivity contribution in [2.24, 2.45) is 0 Å². The maximum Gasteiger partial charge on any atom is 0.241 e. The van der Waals surface area contributed by atoms with E-state index in [4.69, 9.17) is 14.2 Å². The molecule has 1 N–H and O–H groups in total. The Morgan fingerprint density at radius 3 is 2.50 bits per heavy atom. The van der Waals surface area contributed by atoms with E-state index in [-0.39, 0.29) is 19.0 Å². The number of carbonyl (C=O) groups excluding carboxylic acids is 1. The van der Waals surface area contributed by atoms with E-state index in [2.05, 4.69) is 5.32 Å². The highest BCUT2D eigenvalue weighted by Gasteiger charge is 2.24. The number of anilines is 1. The molecule has 3 aromatic rings. The number of nitrogens with one attached hydrogen (secondary N) is 1. The molecule has 0 aromatic heterocycles. The van der Waals surface area contributed by atoms with Crippen molar-refractivity contribution in [3.05, 3.63) is 78.4 Å². The highest BCUT2D eigenvalue weighted by Crippen LogP contribution is 2.34. The molecule has 166 valence electrons. The predicted molar refractivity (Wildman–Crippen MR) is 120 cm³/mol. The van der Waals surface area contributed by atoms with Crippen molar-refractivity contribution in [3.8, 4) is 23.0 Å². The van der Waals surface area contributed by atoms with Gasteiger partial charge in [0, 0.05) is 6.54 Å². The SMILES string of the molecule is CS(=O)(=O)N(CC(=O)NCc1ccc2c(c1)OCO2)c1ccccc1Oc1ccccc1. The lowest BCUT2D eigenvalue weighted by Gasteiger charge is -2.24. The average Bonchev–Trinajstić information content (AvgIpc) is 3.24. The van der Waals surface area contributed by atoms with Crippen LogP contribution in [-0.4, -0.2) is 33.9 Å². The van der Waals surface area contributed by atoms with E-state index in [1.807, 2.05) is 24.3 Å². The van der Waals surface area contributed by atoms with Crippen LogP contribution in [0, 0.1) is 0 Å². The lowest BCUT2D eigenvalue weighted by Crippen LogP contribution is -2.40. The molecule has 0 aliphatic carbocycles. The molecule has 4 rings (SSSR count). The van der Waals surface area contributed by atoms with E-state index in [1.165, 1.54) is 0 Å². The fraction of sp³-hybridized carbons (Fsp3) is 0.174. The second-order valence-electron chi connectivity index (χ2n) is 7.12. The maximum atomic E-state index is 12.6. The number of para-hydroxylation sites is 3. The van der Waals surface area contributed by atoms with Gasteiger partial charge in [0.2, 0.25) is 22.7 Å². The summed E-state index contributed by atoms with van der Waals surface area (Å²) in [5, 5.41) is 2.75. The van der Waals surface area contributed by atoms with Crippen LogP contribution in [0.2, 0.25) is 0 Å². The smallest absolute Gasteiger partial charge is 0.241 e. The molecule has 0 saturated heterocycles. The first kappa shape index (κ1) is 21.5. The van der Waals surface area contributed by atoms with Crippen LogP contribution in [0.25, 0.3) is 0 Å². The highest BCUT2D eigenvalue weighted by molar-refractivity contribution is 7.92. The van der Waals surface area contributed by atoms with Crippen molar-refractivity contribution in [1.29, 1.82) is 0 Å². The Balaban J connectivity index is 1.49. The van der Waals surface area contributed by atoms with Crippen LogP contribution in [0.15, 0.2) is 72.8 Å². The Labute approximate surface area is 186 Å². The molecule has 3 aromatic carbocycles. The number of hydrogen-bond acceptors (Lipinski definition) is 6. The second kappa shape index (κ2) is 9.19. The minimum Gasteiger partial charge on any atom is -0.455 e. The molecule has 8 nitrogen and oxygen atoms in total. The zero-order valence-electron chi connectivity index (χ0n) is 17.4. The number of nitrogens with zero attached hydrogens (tertiary/aromatic N) is 1. The number of carbonyl (C=O) groups is 1. The maximum absolute atomic E-state index is 12.6. The van der Waals surface area contributed by atoms with Crippen LogP contribution in [0.5, 0.6) is 23.0 Å². The van der Waals surface area contributed by atoms with Crippen molar-refractivity contribution in [2.45, 2.75) is 6.54 Å². The van der Waals surface area contributed by atoms with E-state index >= 15 is 0 Å². The Kier molecular flexibility index (Phi) is 6.18. The third-order valence-electron chi connectivity index (χ3n) is 4.72. The molecular weight excluding hydrogens is 432 g/mol. The van der Waals surface area contributed by atoms with Crippen LogP contribution in [0.1, 0.15) is 5.56 Å².